The number of nitrogens with one attached hydrogen (secondary N) is 2. The van der Waals surface area contributed by atoms with Gasteiger partial charge in [-0.25, -0.2) is 14.2 Å². The highest BCUT2D eigenvalue weighted by atomic mass is 19.4. The van der Waals surface area contributed by atoms with Crippen molar-refractivity contribution in [2.45, 2.75) is 44.1 Å². The molecule has 5 atom stereocenters. The number of aliphatic carboxylic acids is 1. The van der Waals surface area contributed by atoms with Gasteiger partial charge in [0, 0.05) is 45.3 Å². The van der Waals surface area contributed by atoms with Gasteiger partial charge in [-0.05, 0) is 37.5 Å². The van der Waals surface area contributed by atoms with Crippen LogP contribution < -0.4 is 10.7 Å². The van der Waals surface area contributed by atoms with Gasteiger partial charge in [-0.2, -0.15) is 13.2 Å². The predicted molar refractivity (Wildman–Crippen MR) is 95.5 cm³/mol. The second kappa shape index (κ2) is 9.13. The van der Waals surface area contributed by atoms with Crippen molar-refractivity contribution in [1.29, 1.82) is 0 Å². The van der Waals surface area contributed by atoms with Crippen molar-refractivity contribution < 1.29 is 32.3 Å². The molecular weight excluding hydrogens is 396 g/mol. The van der Waals surface area contributed by atoms with Gasteiger partial charge in [0.05, 0.1) is 5.92 Å². The first-order chi connectivity index (χ1) is 13.7. The molecule has 1 aliphatic carbocycles. The highest BCUT2D eigenvalue weighted by Gasteiger charge is 2.48. The molecule has 11 heteroatoms. The Labute approximate surface area is 166 Å². The van der Waals surface area contributed by atoms with Gasteiger partial charge in [0.2, 0.25) is 5.91 Å². The standard InChI is InChI=1S/C10H15FN2O.C6H12N2.C2HF3O2/c11-9-1-8(9)10(14)13-4-6-2-12-3-7(6)5-13;1-2-6-3-4-7-8(6)5-1;3-2(4,5)1(6)7/h6-9,12H,1-5H2;6-7H,1-5H2;(H,6,7)/t6?,7?,8-,9+;;/m1../s1. The maximum absolute atomic E-state index is 12.7. The highest BCUT2D eigenvalue weighted by Crippen LogP contribution is 2.37. The zero-order valence-electron chi connectivity index (χ0n) is 16.1. The van der Waals surface area contributed by atoms with Crippen molar-refractivity contribution in [3.8, 4) is 0 Å². The van der Waals surface area contributed by atoms with Gasteiger partial charge < -0.3 is 15.3 Å². The topological polar surface area (TPSA) is 84.9 Å². The Hall–Kier alpha value is -1.46. The molecule has 0 spiro atoms. The Morgan fingerprint density at radius 2 is 1.66 bits per heavy atom. The van der Waals surface area contributed by atoms with Crippen LogP contribution in [0.3, 0.4) is 0 Å². The van der Waals surface area contributed by atoms with E-state index in [1.807, 2.05) is 4.90 Å². The van der Waals surface area contributed by atoms with Gasteiger partial charge in [-0.15, -0.1) is 0 Å². The molecule has 1 amide bonds. The summed E-state index contributed by atoms with van der Waals surface area (Å²) in [6, 6.07) is 0.898. The SMILES string of the molecule is C1CC2CCNN2C1.O=C(O)C(F)(F)F.O=C([C@@H]1C[C@@H]1F)N1CC2CNCC2C1. The first-order valence-electron chi connectivity index (χ1n) is 10.1. The third kappa shape index (κ3) is 5.79. The van der Waals surface area contributed by atoms with Crippen LogP contribution >= 0.6 is 0 Å². The summed E-state index contributed by atoms with van der Waals surface area (Å²) in [5, 5.41) is 12.8. The van der Waals surface area contributed by atoms with Crippen LogP contribution in [0.1, 0.15) is 25.7 Å². The number of alkyl halides is 4. The lowest BCUT2D eigenvalue weighted by molar-refractivity contribution is -0.192. The van der Waals surface area contributed by atoms with Crippen molar-refractivity contribution in [3.63, 3.8) is 0 Å². The molecule has 5 rings (SSSR count). The van der Waals surface area contributed by atoms with E-state index in [1.54, 1.807) is 0 Å². The van der Waals surface area contributed by atoms with E-state index in [9.17, 15) is 22.4 Å². The molecule has 3 unspecified atom stereocenters. The molecule has 5 fully saturated rings. The second-order valence-electron chi connectivity index (χ2n) is 8.27. The molecule has 4 aliphatic heterocycles. The van der Waals surface area contributed by atoms with Crippen LogP contribution in [0.2, 0.25) is 0 Å². The smallest absolute Gasteiger partial charge is 0.475 e. The number of rotatable bonds is 1. The summed E-state index contributed by atoms with van der Waals surface area (Å²) in [7, 11) is 0. The highest BCUT2D eigenvalue weighted by molar-refractivity contribution is 5.82. The van der Waals surface area contributed by atoms with E-state index < -0.39 is 18.3 Å². The van der Waals surface area contributed by atoms with Crippen LogP contribution in [0.25, 0.3) is 0 Å². The Bertz CT molecular complexity index is 574. The number of carbonyl (C=O) groups excluding carboxylic acids is 1. The fourth-order valence-corrected chi connectivity index (χ4v) is 4.41. The number of halogens is 4. The molecule has 29 heavy (non-hydrogen) atoms. The number of fused-ring (bicyclic) bond motifs is 2. The lowest BCUT2D eigenvalue weighted by atomic mass is 10.0. The van der Waals surface area contributed by atoms with E-state index in [-0.39, 0.29) is 11.8 Å². The lowest BCUT2D eigenvalue weighted by Crippen LogP contribution is -2.33. The van der Waals surface area contributed by atoms with E-state index in [1.165, 1.54) is 32.4 Å². The van der Waals surface area contributed by atoms with Gasteiger partial charge in [-0.1, -0.05) is 0 Å². The van der Waals surface area contributed by atoms with Gasteiger partial charge in [0.15, 0.2) is 0 Å². The zero-order chi connectivity index (χ0) is 21.2. The van der Waals surface area contributed by atoms with Crippen LogP contribution in [-0.2, 0) is 9.59 Å². The van der Waals surface area contributed by atoms with Crippen LogP contribution in [0.5, 0.6) is 0 Å². The number of likely N-dealkylation sites (tertiary alicyclic amines) is 1. The van der Waals surface area contributed by atoms with Crippen molar-refractivity contribution in [2.24, 2.45) is 17.8 Å². The summed E-state index contributed by atoms with van der Waals surface area (Å²) in [6.45, 7) is 6.24. The Morgan fingerprint density at radius 3 is 2.14 bits per heavy atom. The van der Waals surface area contributed by atoms with Crippen LogP contribution in [-0.4, -0.2) is 84.6 Å². The molecule has 4 heterocycles. The normalized spacial score (nSPS) is 35.2. The van der Waals surface area contributed by atoms with Crippen LogP contribution in [0, 0.1) is 17.8 Å². The van der Waals surface area contributed by atoms with E-state index in [4.69, 9.17) is 9.90 Å². The average molecular weight is 424 g/mol. The number of hydrogen-bond donors (Lipinski definition) is 3. The summed E-state index contributed by atoms with van der Waals surface area (Å²) in [4.78, 5) is 22.5. The predicted octanol–water partition coefficient (Wildman–Crippen LogP) is 1.01. The van der Waals surface area contributed by atoms with E-state index in [0.717, 1.165) is 32.2 Å². The summed E-state index contributed by atoms with van der Waals surface area (Å²) < 4.78 is 44.4. The summed E-state index contributed by atoms with van der Waals surface area (Å²) in [5.41, 5.74) is 3.35. The van der Waals surface area contributed by atoms with Crippen LogP contribution in [0.15, 0.2) is 0 Å². The average Bonchev–Trinajstić information content (AvgIpc) is 3.12. The minimum absolute atomic E-state index is 0.0619. The van der Waals surface area contributed by atoms with E-state index >= 15 is 0 Å². The summed E-state index contributed by atoms with van der Waals surface area (Å²) in [5.74, 6) is -1.74. The maximum Gasteiger partial charge on any atom is 0.490 e. The van der Waals surface area contributed by atoms with Crippen molar-refractivity contribution in [1.82, 2.24) is 20.7 Å². The van der Waals surface area contributed by atoms with Gasteiger partial charge in [-0.3, -0.25) is 10.2 Å². The number of amides is 1. The Balaban J connectivity index is 0.000000137. The molecule has 1 saturated carbocycles. The molecule has 0 bridgehead atoms. The largest absolute Gasteiger partial charge is 0.490 e. The minimum atomic E-state index is -5.08. The Morgan fingerprint density at radius 1 is 1.07 bits per heavy atom. The molecule has 0 aromatic carbocycles. The number of hydrogen-bond acceptors (Lipinski definition) is 5. The van der Waals surface area contributed by atoms with Crippen LogP contribution in [0.4, 0.5) is 17.6 Å². The second-order valence-corrected chi connectivity index (χ2v) is 8.27. The van der Waals surface area contributed by atoms with Crippen molar-refractivity contribution in [3.05, 3.63) is 0 Å². The van der Waals surface area contributed by atoms with E-state index in [2.05, 4.69) is 15.8 Å². The molecule has 166 valence electrons. The lowest BCUT2D eigenvalue weighted by Gasteiger charge is -2.16. The van der Waals surface area contributed by atoms with Gasteiger partial charge in [0.25, 0.3) is 0 Å². The molecule has 4 saturated heterocycles. The fourth-order valence-electron chi connectivity index (χ4n) is 4.41. The molecule has 0 radical (unpaired) electrons. The summed E-state index contributed by atoms with van der Waals surface area (Å²) in [6.07, 6.45) is -1.27. The number of carboxylic acids is 1. The first-order valence-corrected chi connectivity index (χ1v) is 10.1. The van der Waals surface area contributed by atoms with Gasteiger partial charge in [0.1, 0.15) is 6.17 Å². The summed E-state index contributed by atoms with van der Waals surface area (Å²) >= 11 is 0. The molecule has 5 aliphatic rings. The zero-order valence-corrected chi connectivity index (χ0v) is 16.1. The molecule has 3 N–H and O–H groups in total. The fraction of sp³-hybridized carbons (Fsp3) is 0.889. The number of hydrazine groups is 1. The monoisotopic (exact) mass is 424 g/mol. The first kappa shape index (κ1) is 22.2. The molecule has 0 aromatic heterocycles. The quantitative estimate of drug-likeness (QED) is 0.545. The van der Waals surface area contributed by atoms with E-state index in [0.29, 0.717) is 18.3 Å². The number of nitrogens with zero attached hydrogens (tertiary/aromatic N) is 2. The third-order valence-corrected chi connectivity index (χ3v) is 6.14. The van der Waals surface area contributed by atoms with Crippen molar-refractivity contribution in [2.75, 3.05) is 39.3 Å². The van der Waals surface area contributed by atoms with Gasteiger partial charge >= 0.3 is 12.1 Å². The number of carbonyl (C=O) groups is 2. The molecular formula is C18H28F4N4O3. The Kier molecular flexibility index (Phi) is 7.00. The maximum atomic E-state index is 12.7. The van der Waals surface area contributed by atoms with Crippen molar-refractivity contribution >= 4 is 11.9 Å². The molecule has 0 aromatic rings. The number of carboxylic acid groups (broad SMARTS) is 1. The molecule has 7 nitrogen and oxygen atoms in total. The minimum Gasteiger partial charge on any atom is -0.475 e. The third-order valence-electron chi connectivity index (χ3n) is 6.14.